The van der Waals surface area contributed by atoms with E-state index < -0.39 is 22.1 Å². The number of hydrogen-bond donors (Lipinski definition) is 2. The molecule has 38 heavy (non-hydrogen) atoms. The van der Waals surface area contributed by atoms with Gasteiger partial charge in [-0.05, 0) is 67.7 Å². The second-order valence-corrected chi connectivity index (χ2v) is 11.0. The van der Waals surface area contributed by atoms with Crippen LogP contribution >= 0.6 is 0 Å². The summed E-state index contributed by atoms with van der Waals surface area (Å²) in [6.07, 6.45) is -0.287. The summed E-state index contributed by atoms with van der Waals surface area (Å²) in [4.78, 5) is 30.9. The Morgan fingerprint density at radius 3 is 2.32 bits per heavy atom. The highest BCUT2D eigenvalue weighted by Crippen LogP contribution is 2.38. The van der Waals surface area contributed by atoms with Crippen molar-refractivity contribution in [1.29, 1.82) is 0 Å². The van der Waals surface area contributed by atoms with E-state index in [0.29, 0.717) is 47.0 Å². The number of carbonyl (C=O) groups is 2. The standard InChI is InChI=1S/C27H28N4O6S/c1-30(2)15-16-31(38(3,35)36)20-11-9-19(10-12-20)28-25(18-7-5-4-6-8-18)24-22-17-21(37-27(33)34)13-14-23(22)29-26(24)32/h4-14,17,24H,15-16H2,1-3H3,(H,29,32)(H,33,34). The minimum Gasteiger partial charge on any atom is -0.449 e. The summed E-state index contributed by atoms with van der Waals surface area (Å²) in [5.41, 5.74) is 3.27. The van der Waals surface area contributed by atoms with E-state index in [1.807, 2.05) is 49.3 Å². The molecular formula is C27H28N4O6S. The molecule has 3 aromatic carbocycles. The van der Waals surface area contributed by atoms with Gasteiger partial charge in [-0.1, -0.05) is 30.3 Å². The third-order valence-electron chi connectivity index (χ3n) is 5.94. The minimum absolute atomic E-state index is 0.0908. The Kier molecular flexibility index (Phi) is 7.79. The molecule has 1 aliphatic rings. The Labute approximate surface area is 221 Å². The third kappa shape index (κ3) is 6.18. The lowest BCUT2D eigenvalue weighted by atomic mass is 9.90. The number of nitrogens with one attached hydrogen (secondary N) is 1. The van der Waals surface area contributed by atoms with Crippen LogP contribution in [0.25, 0.3) is 0 Å². The summed E-state index contributed by atoms with van der Waals surface area (Å²) < 4.78 is 30.9. The molecule has 198 valence electrons. The fourth-order valence-electron chi connectivity index (χ4n) is 4.19. The summed E-state index contributed by atoms with van der Waals surface area (Å²) in [6, 6.07) is 20.5. The number of sulfonamides is 1. The van der Waals surface area contributed by atoms with Crippen molar-refractivity contribution >= 4 is 44.9 Å². The van der Waals surface area contributed by atoms with Crippen molar-refractivity contribution < 1.29 is 27.9 Å². The number of ether oxygens (including phenoxy) is 1. The van der Waals surface area contributed by atoms with Gasteiger partial charge in [-0.25, -0.2) is 13.2 Å². The molecular weight excluding hydrogens is 508 g/mol. The van der Waals surface area contributed by atoms with Crippen LogP contribution in [-0.2, 0) is 14.8 Å². The van der Waals surface area contributed by atoms with Crippen LogP contribution in [0, 0.1) is 0 Å². The van der Waals surface area contributed by atoms with Gasteiger partial charge in [0.05, 0.1) is 23.3 Å². The topological polar surface area (TPSA) is 129 Å². The molecule has 1 unspecified atom stereocenters. The molecule has 2 N–H and O–H groups in total. The molecule has 0 saturated carbocycles. The van der Waals surface area contributed by atoms with Crippen molar-refractivity contribution in [3.8, 4) is 5.75 Å². The second-order valence-electron chi connectivity index (χ2n) is 9.06. The van der Waals surface area contributed by atoms with Crippen molar-refractivity contribution in [1.82, 2.24) is 4.90 Å². The van der Waals surface area contributed by atoms with Crippen LogP contribution in [-0.4, -0.2) is 69.6 Å². The van der Waals surface area contributed by atoms with Crippen LogP contribution in [0.15, 0.2) is 77.8 Å². The number of amides is 1. The Hall–Kier alpha value is -4.22. The number of benzene rings is 3. The second kappa shape index (κ2) is 11.0. The van der Waals surface area contributed by atoms with E-state index in [1.54, 1.807) is 30.3 Å². The molecule has 1 amide bonds. The number of likely N-dealkylation sites (N-methyl/N-ethyl adjacent to an activating group) is 1. The first-order chi connectivity index (χ1) is 18.0. The van der Waals surface area contributed by atoms with Crippen LogP contribution < -0.4 is 14.4 Å². The van der Waals surface area contributed by atoms with Crippen molar-refractivity contribution in [2.45, 2.75) is 5.92 Å². The molecule has 0 radical (unpaired) electrons. The Bertz CT molecular complexity index is 1470. The summed E-state index contributed by atoms with van der Waals surface area (Å²) in [6.45, 7) is 0.846. The zero-order chi connectivity index (χ0) is 27.4. The summed E-state index contributed by atoms with van der Waals surface area (Å²) in [7, 11) is 0.250. The Balaban J connectivity index is 1.75. The highest BCUT2D eigenvalue weighted by atomic mass is 32.2. The highest BCUT2D eigenvalue weighted by Gasteiger charge is 2.36. The summed E-state index contributed by atoms with van der Waals surface area (Å²) >= 11 is 0. The summed E-state index contributed by atoms with van der Waals surface area (Å²) in [5, 5.41) is 11.8. The number of aliphatic imine (C=N–C) groups is 1. The Morgan fingerprint density at radius 2 is 1.71 bits per heavy atom. The van der Waals surface area contributed by atoms with Gasteiger partial charge in [0.15, 0.2) is 0 Å². The predicted molar refractivity (Wildman–Crippen MR) is 146 cm³/mol. The van der Waals surface area contributed by atoms with E-state index in [1.165, 1.54) is 22.7 Å². The lowest BCUT2D eigenvalue weighted by Crippen LogP contribution is -2.35. The molecule has 0 saturated heterocycles. The van der Waals surface area contributed by atoms with E-state index >= 15 is 0 Å². The van der Waals surface area contributed by atoms with Gasteiger partial charge in [0.1, 0.15) is 11.7 Å². The van der Waals surface area contributed by atoms with Gasteiger partial charge in [0.25, 0.3) is 0 Å². The number of carbonyl (C=O) groups excluding carboxylic acids is 1. The number of anilines is 2. The van der Waals surface area contributed by atoms with Crippen LogP contribution in [0.5, 0.6) is 5.75 Å². The van der Waals surface area contributed by atoms with Gasteiger partial charge in [-0.15, -0.1) is 0 Å². The molecule has 0 bridgehead atoms. The van der Waals surface area contributed by atoms with Crippen molar-refractivity contribution in [2.75, 3.05) is 43.1 Å². The average molecular weight is 537 g/mol. The normalized spacial score (nSPS) is 15.2. The van der Waals surface area contributed by atoms with Gasteiger partial charge >= 0.3 is 6.16 Å². The highest BCUT2D eigenvalue weighted by molar-refractivity contribution is 7.92. The molecule has 0 spiro atoms. The first kappa shape index (κ1) is 26.8. The number of carboxylic acid groups (broad SMARTS) is 1. The minimum atomic E-state index is -3.49. The molecule has 0 fully saturated rings. The van der Waals surface area contributed by atoms with Crippen LogP contribution in [0.2, 0.25) is 0 Å². The fraction of sp³-hybridized carbons (Fsp3) is 0.222. The molecule has 4 rings (SSSR count). The van der Waals surface area contributed by atoms with E-state index in [0.717, 1.165) is 0 Å². The maximum absolute atomic E-state index is 13.1. The van der Waals surface area contributed by atoms with E-state index in [9.17, 15) is 18.0 Å². The summed E-state index contributed by atoms with van der Waals surface area (Å²) in [5.74, 6) is -1.04. The maximum atomic E-state index is 13.1. The monoisotopic (exact) mass is 536 g/mol. The van der Waals surface area contributed by atoms with Crippen molar-refractivity contribution in [2.24, 2.45) is 4.99 Å². The molecule has 1 aliphatic heterocycles. The lowest BCUT2D eigenvalue weighted by Gasteiger charge is -2.24. The van der Waals surface area contributed by atoms with Gasteiger partial charge in [0, 0.05) is 18.8 Å². The third-order valence-corrected chi connectivity index (χ3v) is 7.13. The molecule has 0 aromatic heterocycles. The van der Waals surface area contributed by atoms with Crippen LogP contribution in [0.3, 0.4) is 0 Å². The van der Waals surface area contributed by atoms with Gasteiger partial charge < -0.3 is 20.1 Å². The maximum Gasteiger partial charge on any atom is 0.511 e. The molecule has 10 nitrogen and oxygen atoms in total. The largest absolute Gasteiger partial charge is 0.511 e. The van der Waals surface area contributed by atoms with E-state index in [4.69, 9.17) is 14.8 Å². The first-order valence-corrected chi connectivity index (χ1v) is 13.6. The zero-order valence-electron chi connectivity index (χ0n) is 21.2. The SMILES string of the molecule is CN(C)CCN(c1ccc(N=C(c2ccccc2)C2C(=O)Nc3ccc(OC(=O)O)cc32)cc1)S(C)(=O)=O. The van der Waals surface area contributed by atoms with Gasteiger partial charge in [-0.2, -0.15) is 0 Å². The van der Waals surface area contributed by atoms with Crippen LogP contribution in [0.1, 0.15) is 17.0 Å². The van der Waals surface area contributed by atoms with E-state index in [2.05, 4.69) is 5.32 Å². The molecule has 0 aliphatic carbocycles. The van der Waals surface area contributed by atoms with Gasteiger partial charge in [-0.3, -0.25) is 14.1 Å². The van der Waals surface area contributed by atoms with E-state index in [-0.39, 0.29) is 11.7 Å². The molecule has 1 heterocycles. The fourth-order valence-corrected chi connectivity index (χ4v) is 5.11. The number of fused-ring (bicyclic) bond motifs is 1. The molecule has 1 atom stereocenters. The smallest absolute Gasteiger partial charge is 0.449 e. The first-order valence-electron chi connectivity index (χ1n) is 11.7. The predicted octanol–water partition coefficient (Wildman–Crippen LogP) is 3.93. The number of rotatable bonds is 9. The quantitative estimate of drug-likeness (QED) is 0.241. The zero-order valence-corrected chi connectivity index (χ0v) is 22.0. The van der Waals surface area contributed by atoms with Gasteiger partial charge in [0.2, 0.25) is 15.9 Å². The lowest BCUT2D eigenvalue weighted by molar-refractivity contribution is -0.115. The Morgan fingerprint density at radius 1 is 1.03 bits per heavy atom. The molecule has 3 aromatic rings. The number of hydrogen-bond acceptors (Lipinski definition) is 7. The molecule has 11 heteroatoms. The van der Waals surface area contributed by atoms with Crippen molar-refractivity contribution in [3.63, 3.8) is 0 Å². The van der Waals surface area contributed by atoms with Crippen molar-refractivity contribution in [3.05, 3.63) is 83.9 Å². The van der Waals surface area contributed by atoms with Crippen LogP contribution in [0.4, 0.5) is 21.9 Å². The average Bonchev–Trinajstić information content (AvgIpc) is 3.17. The number of nitrogens with zero attached hydrogens (tertiary/aromatic N) is 3.